The zero-order valence-electron chi connectivity index (χ0n) is 6.80. The van der Waals surface area contributed by atoms with Crippen LogP contribution in [0.2, 0.25) is 5.02 Å². The molecule has 74 valence electrons. The number of carboxylic acid groups (broad SMARTS) is 1. The maximum absolute atomic E-state index is 13.2. The highest BCUT2D eigenvalue weighted by molar-refractivity contribution is 9.10. The van der Waals surface area contributed by atoms with Crippen LogP contribution in [-0.2, 0) is 4.79 Å². The van der Waals surface area contributed by atoms with Gasteiger partial charge in [0.25, 0.3) is 0 Å². The average molecular weight is 279 g/mol. The second-order valence-corrected chi connectivity index (χ2v) is 3.75. The molecule has 2 nitrogen and oxygen atoms in total. The van der Waals surface area contributed by atoms with Crippen LogP contribution in [0.25, 0.3) is 6.08 Å². The van der Waals surface area contributed by atoms with Gasteiger partial charge in [0.05, 0.1) is 0 Å². The Labute approximate surface area is 93.1 Å². The summed E-state index contributed by atoms with van der Waals surface area (Å²) in [6.45, 7) is 0. The molecule has 0 saturated carbocycles. The Hall–Kier alpha value is -0.870. The lowest BCUT2D eigenvalue weighted by Gasteiger charge is -2.00. The molecule has 1 N–H and O–H groups in total. The molecule has 0 aliphatic carbocycles. The molecule has 0 aliphatic rings. The molecule has 14 heavy (non-hydrogen) atoms. The van der Waals surface area contributed by atoms with E-state index in [1.165, 1.54) is 6.07 Å². The number of rotatable bonds is 2. The van der Waals surface area contributed by atoms with Crippen LogP contribution >= 0.6 is 27.5 Å². The topological polar surface area (TPSA) is 37.3 Å². The molecule has 0 atom stereocenters. The van der Waals surface area contributed by atoms with Crippen LogP contribution in [0.1, 0.15) is 5.56 Å². The van der Waals surface area contributed by atoms with Gasteiger partial charge in [-0.15, -0.1) is 0 Å². The van der Waals surface area contributed by atoms with Crippen LogP contribution < -0.4 is 0 Å². The molecule has 0 fully saturated rings. The number of benzene rings is 1. The fraction of sp³-hybridized carbons (Fsp3) is 0. The molecule has 0 spiro atoms. The highest BCUT2D eigenvalue weighted by Gasteiger charge is 2.05. The van der Waals surface area contributed by atoms with Crippen LogP contribution in [0.3, 0.4) is 0 Å². The van der Waals surface area contributed by atoms with Crippen molar-refractivity contribution in [2.24, 2.45) is 0 Å². The van der Waals surface area contributed by atoms with E-state index in [0.717, 1.165) is 18.2 Å². The molecular formula is C9H5BrClFO2. The largest absolute Gasteiger partial charge is 0.478 e. The Morgan fingerprint density at radius 1 is 1.57 bits per heavy atom. The van der Waals surface area contributed by atoms with Gasteiger partial charge in [0.1, 0.15) is 5.82 Å². The fourth-order valence-corrected chi connectivity index (χ4v) is 1.77. The summed E-state index contributed by atoms with van der Waals surface area (Å²) in [6, 6.07) is 2.61. The summed E-state index contributed by atoms with van der Waals surface area (Å²) in [6.07, 6.45) is 2.02. The maximum atomic E-state index is 13.2. The van der Waals surface area contributed by atoms with E-state index in [2.05, 4.69) is 15.9 Å². The molecular weight excluding hydrogens is 274 g/mol. The highest BCUT2D eigenvalue weighted by atomic mass is 79.9. The summed E-state index contributed by atoms with van der Waals surface area (Å²) in [5.41, 5.74) is 0.164. The van der Waals surface area contributed by atoms with Gasteiger partial charge in [-0.05, 0) is 18.2 Å². The zero-order chi connectivity index (χ0) is 10.7. The number of hydrogen-bond donors (Lipinski definition) is 1. The van der Waals surface area contributed by atoms with Crippen LogP contribution in [0, 0.1) is 5.82 Å². The Bertz CT molecular complexity index is 381. The first-order chi connectivity index (χ1) is 6.50. The number of aliphatic carboxylic acids is 1. The molecule has 0 saturated heterocycles. The molecule has 0 bridgehead atoms. The number of hydrogen-bond acceptors (Lipinski definition) is 1. The first-order valence-electron chi connectivity index (χ1n) is 3.56. The van der Waals surface area contributed by atoms with Crippen molar-refractivity contribution < 1.29 is 14.3 Å². The molecule has 1 aromatic carbocycles. The lowest BCUT2D eigenvalue weighted by atomic mass is 10.2. The molecule has 0 aliphatic heterocycles. The summed E-state index contributed by atoms with van der Waals surface area (Å²) in [5.74, 6) is -1.70. The first-order valence-corrected chi connectivity index (χ1v) is 4.73. The normalized spacial score (nSPS) is 10.8. The van der Waals surface area contributed by atoms with Crippen LogP contribution in [0.5, 0.6) is 0 Å². The van der Waals surface area contributed by atoms with Crippen molar-refractivity contribution in [2.45, 2.75) is 0 Å². The van der Waals surface area contributed by atoms with Crippen molar-refractivity contribution >= 4 is 39.6 Å². The van der Waals surface area contributed by atoms with Gasteiger partial charge in [0.2, 0.25) is 0 Å². The SMILES string of the molecule is O=C(O)C=Cc1c(F)cc(Cl)cc1Br. The van der Waals surface area contributed by atoms with E-state index in [4.69, 9.17) is 16.7 Å². The van der Waals surface area contributed by atoms with Crippen molar-refractivity contribution in [3.8, 4) is 0 Å². The van der Waals surface area contributed by atoms with Gasteiger partial charge < -0.3 is 5.11 Å². The third-order valence-electron chi connectivity index (χ3n) is 1.44. The minimum atomic E-state index is -1.13. The summed E-state index contributed by atoms with van der Waals surface area (Å²) in [5, 5.41) is 8.61. The molecule has 1 rings (SSSR count). The first kappa shape index (κ1) is 11.2. The van der Waals surface area contributed by atoms with E-state index in [1.807, 2.05) is 0 Å². The van der Waals surface area contributed by atoms with E-state index in [-0.39, 0.29) is 10.6 Å². The monoisotopic (exact) mass is 278 g/mol. The van der Waals surface area contributed by atoms with Crippen LogP contribution in [0.4, 0.5) is 4.39 Å². The average Bonchev–Trinajstić information content (AvgIpc) is 2.01. The van der Waals surface area contributed by atoms with Crippen LogP contribution in [-0.4, -0.2) is 11.1 Å². The molecule has 0 radical (unpaired) electrons. The van der Waals surface area contributed by atoms with E-state index < -0.39 is 11.8 Å². The molecule has 5 heteroatoms. The minimum absolute atomic E-state index is 0.164. The second-order valence-electron chi connectivity index (χ2n) is 2.45. The van der Waals surface area contributed by atoms with Crippen LogP contribution in [0.15, 0.2) is 22.7 Å². The lowest BCUT2D eigenvalue weighted by molar-refractivity contribution is -0.131. The standard InChI is InChI=1S/C9H5BrClFO2/c10-7-3-5(11)4-8(12)6(7)1-2-9(13)14/h1-4H,(H,13,14). The third kappa shape index (κ3) is 2.82. The molecule has 0 heterocycles. The smallest absolute Gasteiger partial charge is 0.328 e. The Morgan fingerprint density at radius 3 is 2.71 bits per heavy atom. The van der Waals surface area contributed by atoms with Gasteiger partial charge in [-0.25, -0.2) is 9.18 Å². The van der Waals surface area contributed by atoms with E-state index >= 15 is 0 Å². The van der Waals surface area contributed by atoms with Crippen molar-refractivity contribution in [1.29, 1.82) is 0 Å². The number of halogens is 3. The van der Waals surface area contributed by atoms with E-state index in [9.17, 15) is 9.18 Å². The van der Waals surface area contributed by atoms with Crippen molar-refractivity contribution in [1.82, 2.24) is 0 Å². The fourth-order valence-electron chi connectivity index (χ4n) is 0.867. The van der Waals surface area contributed by atoms with Gasteiger partial charge in [0.15, 0.2) is 0 Å². The van der Waals surface area contributed by atoms with Gasteiger partial charge in [-0.1, -0.05) is 27.5 Å². The molecule has 1 aromatic rings. The molecule has 0 aromatic heterocycles. The summed E-state index contributed by atoms with van der Waals surface area (Å²) >= 11 is 8.65. The highest BCUT2D eigenvalue weighted by Crippen LogP contribution is 2.25. The zero-order valence-corrected chi connectivity index (χ0v) is 9.14. The van der Waals surface area contributed by atoms with E-state index in [0.29, 0.717) is 4.47 Å². The second kappa shape index (κ2) is 4.57. The lowest BCUT2D eigenvalue weighted by Crippen LogP contribution is -1.89. The van der Waals surface area contributed by atoms with Crippen molar-refractivity contribution in [3.05, 3.63) is 39.1 Å². The van der Waals surface area contributed by atoms with Gasteiger partial charge >= 0.3 is 5.97 Å². The van der Waals surface area contributed by atoms with Gasteiger partial charge in [0, 0.05) is 21.1 Å². The molecule has 0 amide bonds. The summed E-state index contributed by atoms with van der Waals surface area (Å²) in [4.78, 5) is 10.2. The minimum Gasteiger partial charge on any atom is -0.478 e. The van der Waals surface area contributed by atoms with Gasteiger partial charge in [-0.3, -0.25) is 0 Å². The van der Waals surface area contributed by atoms with E-state index in [1.54, 1.807) is 0 Å². The predicted molar refractivity (Wildman–Crippen MR) is 55.8 cm³/mol. The number of carbonyl (C=O) groups is 1. The maximum Gasteiger partial charge on any atom is 0.328 e. The summed E-state index contributed by atoms with van der Waals surface area (Å²) in [7, 11) is 0. The molecule has 0 unspecified atom stereocenters. The Kier molecular flexibility index (Phi) is 3.66. The van der Waals surface area contributed by atoms with Crippen molar-refractivity contribution in [3.63, 3.8) is 0 Å². The summed E-state index contributed by atoms with van der Waals surface area (Å²) < 4.78 is 13.6. The third-order valence-corrected chi connectivity index (χ3v) is 2.31. The number of carboxylic acids is 1. The Balaban J connectivity index is 3.15. The predicted octanol–water partition coefficient (Wildman–Crippen LogP) is 3.34. The van der Waals surface area contributed by atoms with Crippen molar-refractivity contribution in [2.75, 3.05) is 0 Å². The quantitative estimate of drug-likeness (QED) is 0.843. The Morgan fingerprint density at radius 2 is 2.21 bits per heavy atom. The van der Waals surface area contributed by atoms with Gasteiger partial charge in [-0.2, -0.15) is 0 Å².